The number of halogens is 1. The van der Waals surface area contributed by atoms with Crippen molar-refractivity contribution in [2.75, 3.05) is 0 Å². The lowest BCUT2D eigenvalue weighted by atomic mass is 10.1. The molecule has 4 rings (SSSR count). The molecule has 0 bridgehead atoms. The van der Waals surface area contributed by atoms with Crippen molar-refractivity contribution >= 4 is 17.6 Å². The number of benzene rings is 2. The second-order valence-electron chi connectivity index (χ2n) is 6.50. The molecule has 1 atom stereocenters. The summed E-state index contributed by atoms with van der Waals surface area (Å²) in [6.07, 6.45) is -0.733. The molecular formula is C22H17ClN2O4. The lowest BCUT2D eigenvalue weighted by Gasteiger charge is -2.07. The van der Waals surface area contributed by atoms with Crippen LogP contribution in [0.15, 0.2) is 69.5 Å². The molecule has 29 heavy (non-hydrogen) atoms. The van der Waals surface area contributed by atoms with Crippen LogP contribution in [0.2, 0.25) is 5.02 Å². The van der Waals surface area contributed by atoms with Gasteiger partial charge in [0.25, 0.3) is 5.89 Å². The Balaban J connectivity index is 1.46. The average Bonchev–Trinajstić information content (AvgIpc) is 3.39. The molecule has 0 aliphatic carbocycles. The summed E-state index contributed by atoms with van der Waals surface area (Å²) in [6, 6.07) is 18.1. The van der Waals surface area contributed by atoms with E-state index in [9.17, 15) is 4.79 Å². The van der Waals surface area contributed by atoms with E-state index < -0.39 is 12.1 Å². The molecule has 0 aliphatic heterocycles. The molecule has 2 aromatic carbocycles. The molecule has 2 aromatic heterocycles. The molecular weight excluding hydrogens is 392 g/mol. The Hall–Kier alpha value is -3.38. The molecule has 6 nitrogen and oxygen atoms in total. The van der Waals surface area contributed by atoms with Crippen molar-refractivity contribution in [1.29, 1.82) is 0 Å². The zero-order chi connectivity index (χ0) is 20.4. The van der Waals surface area contributed by atoms with Gasteiger partial charge in [-0.15, -0.1) is 10.2 Å². The molecule has 0 saturated heterocycles. The Morgan fingerprint density at radius 2 is 1.76 bits per heavy atom. The van der Waals surface area contributed by atoms with E-state index in [2.05, 4.69) is 10.2 Å². The predicted molar refractivity (Wildman–Crippen MR) is 107 cm³/mol. The largest absolute Gasteiger partial charge is 0.449 e. The van der Waals surface area contributed by atoms with Crippen LogP contribution in [0.5, 0.6) is 0 Å². The first kappa shape index (κ1) is 19.0. The molecule has 4 aromatic rings. The van der Waals surface area contributed by atoms with Gasteiger partial charge in [-0.1, -0.05) is 41.4 Å². The third-order valence-electron chi connectivity index (χ3n) is 4.32. The van der Waals surface area contributed by atoms with Gasteiger partial charge in [-0.05, 0) is 50.2 Å². The molecule has 7 heteroatoms. The minimum absolute atomic E-state index is 0.0602. The van der Waals surface area contributed by atoms with E-state index in [1.807, 2.05) is 49.4 Å². The summed E-state index contributed by atoms with van der Waals surface area (Å²) in [4.78, 5) is 12.4. The molecule has 0 N–H and O–H groups in total. The van der Waals surface area contributed by atoms with Gasteiger partial charge in [-0.2, -0.15) is 0 Å². The van der Waals surface area contributed by atoms with E-state index in [1.165, 1.54) is 0 Å². The van der Waals surface area contributed by atoms with Crippen LogP contribution in [0.3, 0.4) is 0 Å². The number of carbonyl (C=O) groups excluding carboxylic acids is 1. The van der Waals surface area contributed by atoms with Crippen LogP contribution in [0.1, 0.15) is 35.0 Å². The fraction of sp³-hybridized carbons (Fsp3) is 0.136. The van der Waals surface area contributed by atoms with Gasteiger partial charge in [-0.25, -0.2) is 4.79 Å². The Bertz CT molecular complexity index is 1150. The van der Waals surface area contributed by atoms with Crippen molar-refractivity contribution in [3.63, 3.8) is 0 Å². The second kappa shape index (κ2) is 7.93. The highest BCUT2D eigenvalue weighted by Gasteiger charge is 2.22. The third-order valence-corrected chi connectivity index (χ3v) is 4.65. The van der Waals surface area contributed by atoms with Gasteiger partial charge >= 0.3 is 5.97 Å². The fourth-order valence-corrected chi connectivity index (χ4v) is 2.96. The minimum Gasteiger partial charge on any atom is -0.449 e. The van der Waals surface area contributed by atoms with E-state index >= 15 is 0 Å². The highest BCUT2D eigenvalue weighted by Crippen LogP contribution is 2.30. The van der Waals surface area contributed by atoms with Gasteiger partial charge in [0.1, 0.15) is 5.76 Å². The second-order valence-corrected chi connectivity index (χ2v) is 6.91. The number of aromatic nitrogens is 2. The monoisotopic (exact) mass is 408 g/mol. The Morgan fingerprint density at radius 1 is 1.00 bits per heavy atom. The number of hydrogen-bond acceptors (Lipinski definition) is 6. The van der Waals surface area contributed by atoms with E-state index in [4.69, 9.17) is 25.2 Å². The number of esters is 1. The zero-order valence-corrected chi connectivity index (χ0v) is 16.5. The van der Waals surface area contributed by atoms with Crippen LogP contribution >= 0.6 is 11.6 Å². The lowest BCUT2D eigenvalue weighted by molar-refractivity contribution is 0.0245. The lowest BCUT2D eigenvalue weighted by Crippen LogP contribution is -2.08. The van der Waals surface area contributed by atoms with E-state index in [1.54, 1.807) is 25.1 Å². The van der Waals surface area contributed by atoms with Gasteiger partial charge in [0, 0.05) is 11.1 Å². The molecule has 146 valence electrons. The van der Waals surface area contributed by atoms with Gasteiger partial charge in [0.15, 0.2) is 6.10 Å². The first-order valence-electron chi connectivity index (χ1n) is 8.97. The number of rotatable bonds is 5. The molecule has 2 heterocycles. The Kier molecular flexibility index (Phi) is 5.18. The van der Waals surface area contributed by atoms with Gasteiger partial charge in [0.05, 0.1) is 5.02 Å². The van der Waals surface area contributed by atoms with Crippen LogP contribution in [0, 0.1) is 6.92 Å². The number of furan rings is 1. The van der Waals surface area contributed by atoms with Crippen molar-refractivity contribution in [2.24, 2.45) is 0 Å². The Morgan fingerprint density at radius 3 is 2.52 bits per heavy atom. The maximum Gasteiger partial charge on any atom is 0.375 e. The number of ether oxygens (including phenoxy) is 1. The number of carbonyl (C=O) groups is 1. The van der Waals surface area contributed by atoms with Crippen LogP contribution in [-0.4, -0.2) is 16.2 Å². The summed E-state index contributed by atoms with van der Waals surface area (Å²) < 4.78 is 16.7. The molecule has 0 fully saturated rings. The fourth-order valence-electron chi connectivity index (χ4n) is 2.73. The Labute approximate surface area is 172 Å². The van der Waals surface area contributed by atoms with Crippen molar-refractivity contribution in [1.82, 2.24) is 10.2 Å². The molecule has 0 amide bonds. The van der Waals surface area contributed by atoms with E-state index in [0.717, 1.165) is 11.1 Å². The van der Waals surface area contributed by atoms with Crippen LogP contribution < -0.4 is 0 Å². The summed E-state index contributed by atoms with van der Waals surface area (Å²) in [5, 5.41) is 8.54. The third kappa shape index (κ3) is 4.07. The first-order chi connectivity index (χ1) is 14.0. The van der Waals surface area contributed by atoms with Crippen molar-refractivity contribution in [2.45, 2.75) is 20.0 Å². The zero-order valence-electron chi connectivity index (χ0n) is 15.8. The normalized spacial score (nSPS) is 12.0. The maximum absolute atomic E-state index is 12.4. The first-order valence-corrected chi connectivity index (χ1v) is 9.35. The molecule has 0 radical (unpaired) electrons. The molecule has 0 spiro atoms. The average molecular weight is 409 g/mol. The van der Waals surface area contributed by atoms with Crippen LogP contribution in [0.25, 0.3) is 22.8 Å². The quantitative estimate of drug-likeness (QED) is 0.384. The highest BCUT2D eigenvalue weighted by atomic mass is 35.5. The number of hydrogen-bond donors (Lipinski definition) is 0. The summed E-state index contributed by atoms with van der Waals surface area (Å²) in [5.74, 6) is 0.472. The maximum atomic E-state index is 12.4. The highest BCUT2D eigenvalue weighted by molar-refractivity contribution is 6.33. The van der Waals surface area contributed by atoms with Crippen LogP contribution in [0.4, 0.5) is 0 Å². The topological polar surface area (TPSA) is 78.4 Å². The van der Waals surface area contributed by atoms with E-state index in [-0.39, 0.29) is 11.7 Å². The predicted octanol–water partition coefficient (Wildman–Crippen LogP) is 5.88. The van der Waals surface area contributed by atoms with Crippen molar-refractivity contribution < 1.29 is 18.4 Å². The smallest absolute Gasteiger partial charge is 0.375 e. The molecule has 0 aliphatic rings. The number of aryl methyl sites for hydroxylation is 1. The summed E-state index contributed by atoms with van der Waals surface area (Å²) in [5.41, 5.74) is 2.62. The molecule has 0 unspecified atom stereocenters. The van der Waals surface area contributed by atoms with Crippen molar-refractivity contribution in [3.8, 4) is 22.8 Å². The minimum atomic E-state index is -0.733. The SMILES string of the molecule is Cc1ccc(-c2nnc([C@@H](C)OC(=O)c3ccc(-c4ccccc4Cl)o3)o2)cc1. The van der Waals surface area contributed by atoms with Gasteiger partial charge in [0.2, 0.25) is 11.7 Å². The van der Waals surface area contributed by atoms with Gasteiger partial charge in [-0.3, -0.25) is 0 Å². The number of nitrogens with zero attached hydrogens (tertiary/aromatic N) is 2. The molecule has 0 saturated carbocycles. The summed E-state index contributed by atoms with van der Waals surface area (Å²) in [7, 11) is 0. The standard InChI is InChI=1S/C22H17ClN2O4/c1-13-7-9-15(10-8-13)21-25-24-20(29-21)14(2)27-22(26)19-12-11-18(28-19)16-5-3-4-6-17(16)23/h3-12,14H,1-2H3/t14-/m1/s1. The van der Waals surface area contributed by atoms with Crippen molar-refractivity contribution in [3.05, 3.63) is 82.9 Å². The van der Waals surface area contributed by atoms with Gasteiger partial charge < -0.3 is 13.6 Å². The summed E-state index contributed by atoms with van der Waals surface area (Å²) in [6.45, 7) is 3.65. The van der Waals surface area contributed by atoms with Crippen LogP contribution in [-0.2, 0) is 4.74 Å². The van der Waals surface area contributed by atoms with E-state index in [0.29, 0.717) is 22.2 Å². The summed E-state index contributed by atoms with van der Waals surface area (Å²) >= 11 is 6.17.